The zero-order valence-corrected chi connectivity index (χ0v) is 10.6. The molecule has 0 atom stereocenters. The third-order valence-electron chi connectivity index (χ3n) is 2.16. The van der Waals surface area contributed by atoms with E-state index in [1.807, 2.05) is 12.1 Å². The van der Waals surface area contributed by atoms with Gasteiger partial charge in [-0.05, 0) is 30.4 Å². The van der Waals surface area contributed by atoms with Crippen molar-refractivity contribution in [3.05, 3.63) is 29.3 Å². The molecule has 0 fully saturated rings. The van der Waals surface area contributed by atoms with E-state index in [4.69, 9.17) is 10.5 Å². The lowest BCUT2D eigenvalue weighted by atomic mass is 10.1. The quantitative estimate of drug-likeness (QED) is 0.838. The van der Waals surface area contributed by atoms with Gasteiger partial charge in [0, 0.05) is 0 Å². The highest BCUT2D eigenvalue weighted by Gasteiger charge is 2.15. The number of nitrogens with zero attached hydrogens (tertiary/aromatic N) is 2. The van der Waals surface area contributed by atoms with Gasteiger partial charge in [0.05, 0.1) is 21.8 Å². The van der Waals surface area contributed by atoms with E-state index in [0.29, 0.717) is 12.2 Å². The molecule has 88 valence electrons. The molecule has 1 aromatic carbocycles. The molecule has 0 unspecified atom stereocenters. The molecule has 1 aromatic rings. The Labute approximate surface area is 106 Å². The number of sulfone groups is 1. The van der Waals surface area contributed by atoms with Gasteiger partial charge in [-0.15, -0.1) is 0 Å². The summed E-state index contributed by atoms with van der Waals surface area (Å²) >= 11 is 3.96. The fourth-order valence-corrected chi connectivity index (χ4v) is 2.98. The Kier molecular flexibility index (Phi) is 4.56. The number of rotatable bonds is 4. The molecule has 0 spiro atoms. The number of hydrogen-bond acceptors (Lipinski definition) is 5. The topological polar surface area (TPSA) is 81.7 Å². The molecule has 0 saturated carbocycles. The lowest BCUT2D eigenvalue weighted by molar-refractivity contribution is 0.595. The molecule has 1 rings (SSSR count). The molecule has 0 amide bonds. The summed E-state index contributed by atoms with van der Waals surface area (Å²) in [5.41, 5.74) is 0.264. The van der Waals surface area contributed by atoms with E-state index in [1.54, 1.807) is 0 Å². The molecule has 0 aliphatic carbocycles. The van der Waals surface area contributed by atoms with E-state index in [0.717, 1.165) is 0 Å². The predicted molar refractivity (Wildman–Crippen MR) is 66.4 cm³/mol. The largest absolute Gasteiger partial charge is 0.224 e. The average Bonchev–Trinajstić information content (AvgIpc) is 2.35. The van der Waals surface area contributed by atoms with Crippen molar-refractivity contribution in [3.63, 3.8) is 0 Å². The molecule has 0 heterocycles. The molecular weight excluding hydrogens is 256 g/mol. The maximum absolute atomic E-state index is 11.8. The maximum Gasteiger partial charge on any atom is 0.178 e. The first-order valence-electron chi connectivity index (χ1n) is 4.83. The van der Waals surface area contributed by atoms with Crippen LogP contribution in [-0.2, 0) is 9.84 Å². The van der Waals surface area contributed by atoms with Gasteiger partial charge in [-0.25, -0.2) is 8.42 Å². The Morgan fingerprint density at radius 2 is 1.82 bits per heavy atom. The van der Waals surface area contributed by atoms with Crippen LogP contribution in [0.1, 0.15) is 17.5 Å². The molecule has 4 nitrogen and oxygen atoms in total. The van der Waals surface area contributed by atoms with Gasteiger partial charge in [-0.3, -0.25) is 0 Å². The van der Waals surface area contributed by atoms with E-state index in [-0.39, 0.29) is 21.8 Å². The van der Waals surface area contributed by atoms with Crippen LogP contribution >= 0.6 is 12.6 Å². The van der Waals surface area contributed by atoms with Crippen molar-refractivity contribution in [2.45, 2.75) is 11.3 Å². The molecule has 0 N–H and O–H groups in total. The Hall–Kier alpha value is -1.50. The molecule has 0 bridgehead atoms. The molecule has 0 radical (unpaired) electrons. The first-order chi connectivity index (χ1) is 8.05. The zero-order valence-electron chi connectivity index (χ0n) is 8.92. The van der Waals surface area contributed by atoms with Gasteiger partial charge in [-0.2, -0.15) is 23.2 Å². The van der Waals surface area contributed by atoms with Crippen LogP contribution in [0.3, 0.4) is 0 Å². The minimum absolute atomic E-state index is 0.00668. The van der Waals surface area contributed by atoms with Crippen molar-refractivity contribution >= 4 is 22.5 Å². The first kappa shape index (κ1) is 13.6. The molecule has 0 aliphatic heterocycles. The highest BCUT2D eigenvalue weighted by atomic mass is 32.2. The average molecular weight is 266 g/mol. The van der Waals surface area contributed by atoms with Crippen molar-refractivity contribution in [3.8, 4) is 12.1 Å². The number of benzene rings is 1. The summed E-state index contributed by atoms with van der Waals surface area (Å²) < 4.78 is 23.7. The predicted octanol–water partition coefficient (Wildman–Crippen LogP) is 1.52. The molecule has 0 saturated heterocycles. The van der Waals surface area contributed by atoms with Gasteiger partial charge in [0.2, 0.25) is 0 Å². The van der Waals surface area contributed by atoms with Gasteiger partial charge in [0.25, 0.3) is 0 Å². The summed E-state index contributed by atoms with van der Waals surface area (Å²) in [4.78, 5) is 0.0785. The zero-order chi connectivity index (χ0) is 12.9. The van der Waals surface area contributed by atoms with Crippen LogP contribution in [0.4, 0.5) is 0 Å². The van der Waals surface area contributed by atoms with Crippen LogP contribution in [0, 0.1) is 22.7 Å². The fraction of sp³-hybridized carbons (Fsp3) is 0.273. The van der Waals surface area contributed by atoms with Crippen LogP contribution in [0.5, 0.6) is 0 Å². The molecule has 17 heavy (non-hydrogen) atoms. The Balaban J connectivity index is 3.18. The summed E-state index contributed by atoms with van der Waals surface area (Å²) in [6.45, 7) is 0. The van der Waals surface area contributed by atoms with Crippen LogP contribution in [0.15, 0.2) is 23.1 Å². The van der Waals surface area contributed by atoms with Crippen molar-refractivity contribution in [2.75, 3.05) is 11.5 Å². The van der Waals surface area contributed by atoms with E-state index >= 15 is 0 Å². The summed E-state index contributed by atoms with van der Waals surface area (Å²) in [6, 6.07) is 7.60. The van der Waals surface area contributed by atoms with E-state index in [2.05, 4.69) is 12.6 Å². The maximum atomic E-state index is 11.8. The monoisotopic (exact) mass is 266 g/mol. The Bertz CT molecular complexity index is 595. The minimum atomic E-state index is -3.39. The van der Waals surface area contributed by atoms with Crippen molar-refractivity contribution < 1.29 is 8.42 Å². The van der Waals surface area contributed by atoms with Crippen molar-refractivity contribution in [2.24, 2.45) is 0 Å². The highest BCUT2D eigenvalue weighted by molar-refractivity contribution is 7.91. The highest BCUT2D eigenvalue weighted by Crippen LogP contribution is 2.17. The third kappa shape index (κ3) is 3.23. The molecule has 6 heteroatoms. The van der Waals surface area contributed by atoms with Gasteiger partial charge < -0.3 is 0 Å². The summed E-state index contributed by atoms with van der Waals surface area (Å²) in [5, 5.41) is 17.5. The Morgan fingerprint density at radius 3 is 2.35 bits per heavy atom. The van der Waals surface area contributed by atoms with Crippen LogP contribution < -0.4 is 0 Å². The van der Waals surface area contributed by atoms with Gasteiger partial charge in [0.1, 0.15) is 12.1 Å². The lowest BCUT2D eigenvalue weighted by Crippen LogP contribution is -2.07. The number of thiol groups is 1. The van der Waals surface area contributed by atoms with Gasteiger partial charge in [0.15, 0.2) is 9.84 Å². The first-order valence-corrected chi connectivity index (χ1v) is 7.11. The molecule has 0 aromatic heterocycles. The third-order valence-corrected chi connectivity index (χ3v) is 4.28. The van der Waals surface area contributed by atoms with Gasteiger partial charge >= 0.3 is 0 Å². The lowest BCUT2D eigenvalue weighted by Gasteiger charge is -2.04. The van der Waals surface area contributed by atoms with Crippen LogP contribution in [0.25, 0.3) is 0 Å². The summed E-state index contributed by atoms with van der Waals surface area (Å²) in [5.74, 6) is 0.480. The van der Waals surface area contributed by atoms with Crippen molar-refractivity contribution in [1.82, 2.24) is 0 Å². The second-order valence-electron chi connectivity index (χ2n) is 3.33. The van der Waals surface area contributed by atoms with E-state index in [9.17, 15) is 8.42 Å². The van der Waals surface area contributed by atoms with Crippen LogP contribution in [0.2, 0.25) is 0 Å². The number of nitriles is 2. The van der Waals surface area contributed by atoms with E-state index in [1.165, 1.54) is 18.2 Å². The van der Waals surface area contributed by atoms with E-state index < -0.39 is 9.84 Å². The standard InChI is InChI=1S/C11H10N2O2S2/c12-7-9-2-3-11(6-10(9)8-13)17(14,15)5-1-4-16/h2-3,6,16H,1,4-5H2. The number of hydrogen-bond donors (Lipinski definition) is 1. The minimum Gasteiger partial charge on any atom is -0.224 e. The SMILES string of the molecule is N#Cc1ccc(S(=O)(=O)CCCS)cc1C#N. The van der Waals surface area contributed by atoms with Gasteiger partial charge in [-0.1, -0.05) is 0 Å². The summed E-state index contributed by atoms with van der Waals surface area (Å²) in [6.07, 6.45) is 0.452. The second kappa shape index (κ2) is 5.72. The molecular formula is C11H10N2O2S2. The van der Waals surface area contributed by atoms with Crippen LogP contribution in [-0.4, -0.2) is 19.9 Å². The second-order valence-corrected chi connectivity index (χ2v) is 5.88. The fourth-order valence-electron chi connectivity index (χ4n) is 1.28. The Morgan fingerprint density at radius 1 is 1.18 bits per heavy atom. The smallest absolute Gasteiger partial charge is 0.178 e. The van der Waals surface area contributed by atoms with Crippen molar-refractivity contribution in [1.29, 1.82) is 10.5 Å². The normalized spacial score (nSPS) is 10.5. The molecule has 0 aliphatic rings. The summed E-state index contributed by atoms with van der Waals surface area (Å²) in [7, 11) is -3.39.